The number of hydrogen-bond acceptors (Lipinski definition) is 7. The first kappa shape index (κ1) is 26.9. The number of halogens is 3. The van der Waals surface area contributed by atoms with Crippen LogP contribution in [-0.2, 0) is 4.79 Å². The lowest BCUT2D eigenvalue weighted by Gasteiger charge is -2.31. The molecule has 3 aromatic rings. The number of nitrogens with one attached hydrogen (secondary N) is 1. The van der Waals surface area contributed by atoms with Crippen LogP contribution in [0.15, 0.2) is 40.2 Å². The summed E-state index contributed by atoms with van der Waals surface area (Å²) in [6.45, 7) is 2.99. The van der Waals surface area contributed by atoms with Gasteiger partial charge >= 0.3 is 12.1 Å². The number of alkyl halides is 3. The normalized spacial score (nSPS) is 18.4. The lowest BCUT2D eigenvalue weighted by Crippen LogP contribution is -2.44. The SMILES string of the molecule is Cc1onc(-c2ccccc2)c1C(=O)N1CCC(c2nc(C(=O)N3CCC(NC(=O)C(F)(F)F)C3)cs2)CC1. The first-order chi connectivity index (χ1) is 18.6. The standard InChI is InChI=1S/C26H26F3N5O4S/c1-15-20(21(32-38-15)16-5-3-2-4-6-16)24(36)33-10-7-17(8-11-33)22-31-19(14-39-22)23(35)34-12-9-18(13-34)30-25(37)26(27,28)29/h2-6,14,17-18H,7-13H2,1H3,(H,30,37). The number of benzene rings is 1. The molecule has 0 spiro atoms. The van der Waals surface area contributed by atoms with Gasteiger partial charge in [0.2, 0.25) is 0 Å². The highest BCUT2D eigenvalue weighted by Gasteiger charge is 2.41. The molecule has 2 aromatic heterocycles. The number of aryl methyl sites for hydroxylation is 1. The Bertz CT molecular complexity index is 1370. The van der Waals surface area contributed by atoms with Gasteiger partial charge in [0.25, 0.3) is 11.8 Å². The summed E-state index contributed by atoms with van der Waals surface area (Å²) in [5.41, 5.74) is 2.02. The Balaban J connectivity index is 1.18. The molecule has 4 heterocycles. The van der Waals surface area contributed by atoms with Gasteiger partial charge in [-0.3, -0.25) is 14.4 Å². The average Bonchev–Trinajstić information content (AvgIpc) is 3.68. The largest absolute Gasteiger partial charge is 0.471 e. The molecular weight excluding hydrogens is 535 g/mol. The number of thiazole rings is 1. The highest BCUT2D eigenvalue weighted by atomic mass is 32.1. The van der Waals surface area contributed by atoms with Crippen LogP contribution in [0.3, 0.4) is 0 Å². The fourth-order valence-electron chi connectivity index (χ4n) is 4.97. The molecule has 9 nitrogen and oxygen atoms in total. The molecule has 0 aliphatic carbocycles. The van der Waals surface area contributed by atoms with E-state index in [9.17, 15) is 27.6 Å². The summed E-state index contributed by atoms with van der Waals surface area (Å²) in [6, 6.07) is 8.64. The van der Waals surface area contributed by atoms with Crippen molar-refractivity contribution in [2.24, 2.45) is 0 Å². The highest BCUT2D eigenvalue weighted by molar-refractivity contribution is 7.09. The van der Waals surface area contributed by atoms with Gasteiger partial charge in [0.05, 0.1) is 5.01 Å². The number of hydrogen-bond donors (Lipinski definition) is 1. The van der Waals surface area contributed by atoms with Crippen molar-refractivity contribution < 1.29 is 32.1 Å². The molecule has 5 rings (SSSR count). The minimum atomic E-state index is -4.96. The molecule has 1 unspecified atom stereocenters. The maximum absolute atomic E-state index is 13.4. The molecule has 1 atom stereocenters. The predicted molar refractivity (Wildman–Crippen MR) is 135 cm³/mol. The van der Waals surface area contributed by atoms with Crippen molar-refractivity contribution in [2.75, 3.05) is 26.2 Å². The van der Waals surface area contributed by atoms with E-state index in [2.05, 4.69) is 10.1 Å². The molecular formula is C26H26F3N5O4S. The molecule has 2 aliphatic rings. The maximum atomic E-state index is 13.4. The molecule has 39 heavy (non-hydrogen) atoms. The summed E-state index contributed by atoms with van der Waals surface area (Å²) in [5, 5.41) is 8.49. The Morgan fingerprint density at radius 3 is 2.41 bits per heavy atom. The van der Waals surface area contributed by atoms with Gasteiger partial charge in [-0.05, 0) is 26.2 Å². The topological polar surface area (TPSA) is 109 Å². The summed E-state index contributed by atoms with van der Waals surface area (Å²) in [4.78, 5) is 45.2. The zero-order valence-corrected chi connectivity index (χ0v) is 21.8. The summed E-state index contributed by atoms with van der Waals surface area (Å²) in [7, 11) is 0. The number of aromatic nitrogens is 2. The first-order valence-corrected chi connectivity index (χ1v) is 13.4. The van der Waals surface area contributed by atoms with E-state index in [0.717, 1.165) is 10.6 Å². The Hall–Kier alpha value is -3.74. The van der Waals surface area contributed by atoms with Crippen molar-refractivity contribution in [3.8, 4) is 11.3 Å². The number of piperidine rings is 1. The van der Waals surface area contributed by atoms with Gasteiger partial charge in [-0.2, -0.15) is 13.2 Å². The monoisotopic (exact) mass is 561 g/mol. The third-order valence-electron chi connectivity index (χ3n) is 7.06. The van der Waals surface area contributed by atoms with E-state index in [-0.39, 0.29) is 42.9 Å². The highest BCUT2D eigenvalue weighted by Crippen LogP contribution is 2.33. The Labute approximate surface area is 226 Å². The summed E-state index contributed by atoms with van der Waals surface area (Å²) in [6.07, 6.45) is -3.37. The van der Waals surface area contributed by atoms with Gasteiger partial charge in [-0.25, -0.2) is 4.98 Å². The van der Waals surface area contributed by atoms with Crippen molar-refractivity contribution in [2.45, 2.75) is 44.3 Å². The first-order valence-electron chi connectivity index (χ1n) is 12.5. The van der Waals surface area contributed by atoms with E-state index in [1.807, 2.05) is 35.6 Å². The fraction of sp³-hybridized carbons (Fsp3) is 0.423. The number of likely N-dealkylation sites (tertiary alicyclic amines) is 2. The zero-order valence-electron chi connectivity index (χ0n) is 21.0. The third-order valence-corrected chi connectivity index (χ3v) is 8.07. The molecule has 0 bridgehead atoms. The quantitative estimate of drug-likeness (QED) is 0.504. The summed E-state index contributed by atoms with van der Waals surface area (Å²) >= 11 is 1.36. The van der Waals surface area contributed by atoms with Crippen LogP contribution in [0.1, 0.15) is 56.8 Å². The molecule has 1 N–H and O–H groups in total. The molecule has 3 amide bonds. The second-order valence-electron chi connectivity index (χ2n) is 9.67. The van der Waals surface area contributed by atoms with Crippen molar-refractivity contribution in [1.82, 2.24) is 25.3 Å². The van der Waals surface area contributed by atoms with Gasteiger partial charge < -0.3 is 19.6 Å². The second-order valence-corrected chi connectivity index (χ2v) is 10.6. The lowest BCUT2D eigenvalue weighted by molar-refractivity contribution is -0.174. The van der Waals surface area contributed by atoms with E-state index in [0.29, 0.717) is 42.9 Å². The van der Waals surface area contributed by atoms with Gasteiger partial charge in [0, 0.05) is 49.1 Å². The molecule has 0 saturated carbocycles. The van der Waals surface area contributed by atoms with Crippen molar-refractivity contribution >= 4 is 29.1 Å². The third kappa shape index (κ3) is 5.68. The van der Waals surface area contributed by atoms with Crippen molar-refractivity contribution in [3.05, 3.63) is 57.7 Å². The second kappa shape index (κ2) is 10.8. The van der Waals surface area contributed by atoms with Crippen molar-refractivity contribution in [3.63, 3.8) is 0 Å². The van der Waals surface area contributed by atoms with Crippen LogP contribution in [0.2, 0.25) is 0 Å². The molecule has 2 saturated heterocycles. The molecule has 0 radical (unpaired) electrons. The molecule has 2 fully saturated rings. The molecule has 206 valence electrons. The molecule has 2 aliphatic heterocycles. The Morgan fingerprint density at radius 2 is 1.72 bits per heavy atom. The minimum Gasteiger partial charge on any atom is -0.360 e. The zero-order chi connectivity index (χ0) is 27.7. The van der Waals surface area contributed by atoms with Gasteiger partial charge in [0.1, 0.15) is 22.7 Å². The van der Waals surface area contributed by atoms with Gasteiger partial charge in [-0.15, -0.1) is 11.3 Å². The van der Waals surface area contributed by atoms with Crippen LogP contribution >= 0.6 is 11.3 Å². The molecule has 1 aromatic carbocycles. The number of nitrogens with zero attached hydrogens (tertiary/aromatic N) is 4. The van der Waals surface area contributed by atoms with Crippen LogP contribution < -0.4 is 5.32 Å². The van der Waals surface area contributed by atoms with Crippen molar-refractivity contribution in [1.29, 1.82) is 0 Å². The summed E-state index contributed by atoms with van der Waals surface area (Å²) in [5.74, 6) is -1.97. The summed E-state index contributed by atoms with van der Waals surface area (Å²) < 4.78 is 42.9. The Kier molecular flexibility index (Phi) is 7.43. The predicted octanol–water partition coefficient (Wildman–Crippen LogP) is 4.02. The van der Waals surface area contributed by atoms with Crippen LogP contribution in [0.5, 0.6) is 0 Å². The van der Waals surface area contributed by atoms with E-state index in [1.165, 1.54) is 16.2 Å². The Morgan fingerprint density at radius 1 is 1.03 bits per heavy atom. The van der Waals surface area contributed by atoms with E-state index in [1.54, 1.807) is 17.2 Å². The number of amides is 3. The van der Waals surface area contributed by atoms with E-state index < -0.39 is 18.1 Å². The van der Waals surface area contributed by atoms with Gasteiger partial charge in [-0.1, -0.05) is 35.5 Å². The van der Waals surface area contributed by atoms with Crippen LogP contribution in [0.25, 0.3) is 11.3 Å². The van der Waals surface area contributed by atoms with Crippen LogP contribution in [0.4, 0.5) is 13.2 Å². The minimum absolute atomic E-state index is 0.00126. The lowest BCUT2D eigenvalue weighted by atomic mass is 9.96. The van der Waals surface area contributed by atoms with E-state index in [4.69, 9.17) is 4.52 Å². The van der Waals surface area contributed by atoms with E-state index >= 15 is 0 Å². The number of carbonyl (C=O) groups is 3. The molecule has 13 heteroatoms. The average molecular weight is 562 g/mol. The van der Waals surface area contributed by atoms with Gasteiger partial charge in [0.15, 0.2) is 0 Å². The maximum Gasteiger partial charge on any atom is 0.471 e. The fourth-order valence-corrected chi connectivity index (χ4v) is 5.93. The smallest absolute Gasteiger partial charge is 0.360 e. The number of carbonyl (C=O) groups excluding carboxylic acids is 3. The van der Waals surface area contributed by atoms with Crippen LogP contribution in [-0.4, -0.2) is 76.1 Å². The van der Waals surface area contributed by atoms with Crippen LogP contribution in [0, 0.1) is 6.92 Å². The number of rotatable bonds is 5.